The van der Waals surface area contributed by atoms with Crippen molar-refractivity contribution < 1.29 is 0 Å². The first-order valence-corrected chi connectivity index (χ1v) is 8.25. The molecule has 0 bridgehead atoms. The largest absolute Gasteiger partial charge is 0.341 e. The molecule has 0 atom stereocenters. The van der Waals surface area contributed by atoms with Gasteiger partial charge in [-0.25, -0.2) is 4.98 Å². The lowest BCUT2D eigenvalue weighted by molar-refractivity contribution is 0.313. The van der Waals surface area contributed by atoms with Crippen LogP contribution < -0.4 is 0 Å². The summed E-state index contributed by atoms with van der Waals surface area (Å²) >= 11 is 1.82. The second-order valence-corrected chi connectivity index (χ2v) is 6.54. The first kappa shape index (κ1) is 13.5. The van der Waals surface area contributed by atoms with Crippen LogP contribution in [0.1, 0.15) is 11.4 Å². The van der Waals surface area contributed by atoms with Crippen molar-refractivity contribution in [2.24, 2.45) is 0 Å². The number of rotatable bonds is 4. The Morgan fingerprint density at radius 1 is 1.05 bits per heavy atom. The zero-order chi connectivity index (χ0) is 14.9. The molecule has 2 aromatic carbocycles. The van der Waals surface area contributed by atoms with E-state index in [0.717, 1.165) is 29.9 Å². The van der Waals surface area contributed by atoms with Crippen molar-refractivity contribution in [2.45, 2.75) is 13.1 Å². The van der Waals surface area contributed by atoms with E-state index in [1.165, 1.54) is 15.6 Å². The van der Waals surface area contributed by atoms with Crippen LogP contribution >= 0.6 is 11.3 Å². The van der Waals surface area contributed by atoms with E-state index < -0.39 is 0 Å². The molecule has 0 saturated heterocycles. The third-order valence-corrected chi connectivity index (χ3v) is 4.87. The molecule has 4 aromatic rings. The Kier molecular flexibility index (Phi) is 3.41. The molecular weight excluding hydrogens is 290 g/mol. The minimum Gasteiger partial charge on any atom is -0.341 e. The molecule has 0 aliphatic rings. The summed E-state index contributed by atoms with van der Waals surface area (Å²) in [6.07, 6.45) is 0. The van der Waals surface area contributed by atoms with Gasteiger partial charge in [-0.2, -0.15) is 0 Å². The number of aromatic amines is 1. The highest BCUT2D eigenvalue weighted by Crippen LogP contribution is 2.26. The molecule has 2 aromatic heterocycles. The van der Waals surface area contributed by atoms with Crippen LogP contribution in [0.2, 0.25) is 0 Å². The molecule has 2 heterocycles. The van der Waals surface area contributed by atoms with E-state index in [0.29, 0.717) is 0 Å². The van der Waals surface area contributed by atoms with Crippen molar-refractivity contribution in [1.82, 2.24) is 14.9 Å². The maximum absolute atomic E-state index is 4.65. The van der Waals surface area contributed by atoms with Crippen LogP contribution in [-0.2, 0) is 13.1 Å². The number of aromatic nitrogens is 2. The molecule has 4 rings (SSSR count). The zero-order valence-electron chi connectivity index (χ0n) is 12.4. The van der Waals surface area contributed by atoms with Crippen molar-refractivity contribution in [3.05, 3.63) is 65.3 Å². The number of imidazole rings is 1. The average molecular weight is 307 g/mol. The summed E-state index contributed by atoms with van der Waals surface area (Å²) in [6, 6.07) is 16.8. The van der Waals surface area contributed by atoms with Gasteiger partial charge in [0.05, 0.1) is 17.6 Å². The quantitative estimate of drug-likeness (QED) is 0.605. The molecule has 22 heavy (non-hydrogen) atoms. The standard InChI is InChI=1S/C18H17N3S/c1-21(10-13-12-22-17-9-5-2-6-14(13)17)11-18-19-15-7-3-4-8-16(15)20-18/h2-9,12H,10-11H2,1H3,(H,19,20). The molecule has 4 heteroatoms. The Balaban J connectivity index is 1.53. The fraction of sp³-hybridized carbons (Fsp3) is 0.167. The molecule has 0 spiro atoms. The topological polar surface area (TPSA) is 31.9 Å². The van der Waals surface area contributed by atoms with Crippen molar-refractivity contribution in [1.29, 1.82) is 0 Å². The number of H-pyrrole nitrogens is 1. The van der Waals surface area contributed by atoms with Crippen molar-refractivity contribution in [3.63, 3.8) is 0 Å². The highest BCUT2D eigenvalue weighted by atomic mass is 32.1. The number of nitrogens with one attached hydrogen (secondary N) is 1. The lowest BCUT2D eigenvalue weighted by atomic mass is 10.2. The van der Waals surface area contributed by atoms with E-state index in [1.807, 2.05) is 29.5 Å². The average Bonchev–Trinajstić information content (AvgIpc) is 3.11. The third-order valence-electron chi connectivity index (χ3n) is 3.86. The van der Waals surface area contributed by atoms with Gasteiger partial charge in [0.1, 0.15) is 5.82 Å². The summed E-state index contributed by atoms with van der Waals surface area (Å²) < 4.78 is 1.36. The summed E-state index contributed by atoms with van der Waals surface area (Å²) in [5.41, 5.74) is 3.53. The van der Waals surface area contributed by atoms with E-state index in [1.54, 1.807) is 0 Å². The zero-order valence-corrected chi connectivity index (χ0v) is 13.2. The van der Waals surface area contributed by atoms with Crippen LogP contribution in [0.3, 0.4) is 0 Å². The van der Waals surface area contributed by atoms with Gasteiger partial charge in [-0.1, -0.05) is 30.3 Å². The number of thiophene rings is 1. The summed E-state index contributed by atoms with van der Waals surface area (Å²) in [5, 5.41) is 3.63. The molecule has 1 N–H and O–H groups in total. The van der Waals surface area contributed by atoms with Gasteiger partial charge in [-0.05, 0) is 41.6 Å². The van der Waals surface area contributed by atoms with Crippen LogP contribution in [0.5, 0.6) is 0 Å². The molecule has 0 saturated carbocycles. The van der Waals surface area contributed by atoms with Gasteiger partial charge >= 0.3 is 0 Å². The molecule has 3 nitrogen and oxygen atoms in total. The Labute approximate surface area is 133 Å². The predicted octanol–water partition coefficient (Wildman–Crippen LogP) is 4.41. The third kappa shape index (κ3) is 2.51. The lowest BCUT2D eigenvalue weighted by Gasteiger charge is -2.14. The predicted molar refractivity (Wildman–Crippen MR) is 93.1 cm³/mol. The second-order valence-electron chi connectivity index (χ2n) is 5.63. The van der Waals surface area contributed by atoms with Crippen LogP contribution in [0, 0.1) is 0 Å². The Hall–Kier alpha value is -2.17. The summed E-state index contributed by atoms with van der Waals surface area (Å²) in [6.45, 7) is 1.75. The van der Waals surface area contributed by atoms with E-state index in [4.69, 9.17) is 0 Å². The highest BCUT2D eigenvalue weighted by molar-refractivity contribution is 7.17. The van der Waals surface area contributed by atoms with Crippen LogP contribution in [0.4, 0.5) is 0 Å². The van der Waals surface area contributed by atoms with Gasteiger partial charge in [0.25, 0.3) is 0 Å². The normalized spacial score (nSPS) is 11.7. The van der Waals surface area contributed by atoms with Gasteiger partial charge in [0.15, 0.2) is 0 Å². The number of fused-ring (bicyclic) bond motifs is 2. The number of hydrogen-bond donors (Lipinski definition) is 1. The Morgan fingerprint density at radius 2 is 1.86 bits per heavy atom. The number of nitrogens with zero attached hydrogens (tertiary/aromatic N) is 2. The van der Waals surface area contributed by atoms with Crippen molar-refractivity contribution in [3.8, 4) is 0 Å². The summed E-state index contributed by atoms with van der Waals surface area (Å²) in [4.78, 5) is 10.3. The smallest absolute Gasteiger partial charge is 0.121 e. The second kappa shape index (κ2) is 5.55. The SMILES string of the molecule is CN(Cc1nc2ccccc2[nH]1)Cc1csc2ccccc12. The minimum absolute atomic E-state index is 0.818. The maximum atomic E-state index is 4.65. The fourth-order valence-corrected chi connectivity index (χ4v) is 3.79. The van der Waals surface area contributed by atoms with Gasteiger partial charge < -0.3 is 4.98 Å². The van der Waals surface area contributed by atoms with Crippen molar-refractivity contribution >= 4 is 32.5 Å². The molecule has 0 unspecified atom stereocenters. The van der Waals surface area contributed by atoms with Gasteiger partial charge in [-0.3, -0.25) is 4.90 Å². The van der Waals surface area contributed by atoms with Crippen LogP contribution in [0.25, 0.3) is 21.1 Å². The number of benzene rings is 2. The van der Waals surface area contributed by atoms with Gasteiger partial charge in [-0.15, -0.1) is 11.3 Å². The molecule has 0 aliphatic carbocycles. The van der Waals surface area contributed by atoms with Crippen molar-refractivity contribution in [2.75, 3.05) is 7.05 Å². The molecule has 0 radical (unpaired) electrons. The monoisotopic (exact) mass is 307 g/mol. The molecule has 0 aliphatic heterocycles. The fourth-order valence-electron chi connectivity index (χ4n) is 2.84. The Bertz CT molecular complexity index is 889. The highest BCUT2D eigenvalue weighted by Gasteiger charge is 2.09. The first-order valence-electron chi connectivity index (χ1n) is 7.37. The van der Waals surface area contributed by atoms with Gasteiger partial charge in [0, 0.05) is 11.2 Å². The summed E-state index contributed by atoms with van der Waals surface area (Å²) in [5.74, 6) is 1.02. The van der Waals surface area contributed by atoms with Crippen LogP contribution in [0.15, 0.2) is 53.9 Å². The molecule has 0 fully saturated rings. The molecular formula is C18H17N3S. The van der Waals surface area contributed by atoms with Crippen LogP contribution in [-0.4, -0.2) is 21.9 Å². The van der Waals surface area contributed by atoms with E-state index in [-0.39, 0.29) is 0 Å². The number of para-hydroxylation sites is 2. The lowest BCUT2D eigenvalue weighted by Crippen LogP contribution is -2.17. The summed E-state index contributed by atoms with van der Waals surface area (Å²) in [7, 11) is 2.14. The number of hydrogen-bond acceptors (Lipinski definition) is 3. The van der Waals surface area contributed by atoms with E-state index in [2.05, 4.69) is 57.6 Å². The molecule has 0 amide bonds. The maximum Gasteiger partial charge on any atom is 0.121 e. The minimum atomic E-state index is 0.818. The van der Waals surface area contributed by atoms with Gasteiger partial charge in [0.2, 0.25) is 0 Å². The van der Waals surface area contributed by atoms with E-state index >= 15 is 0 Å². The Morgan fingerprint density at radius 3 is 2.77 bits per heavy atom. The van der Waals surface area contributed by atoms with E-state index in [9.17, 15) is 0 Å². The first-order chi connectivity index (χ1) is 10.8. The molecule has 110 valence electrons.